The van der Waals surface area contributed by atoms with Crippen LogP contribution in [-0.2, 0) is 9.59 Å². The van der Waals surface area contributed by atoms with Crippen LogP contribution in [0.3, 0.4) is 0 Å². The van der Waals surface area contributed by atoms with Crippen molar-refractivity contribution < 1.29 is 9.59 Å². The van der Waals surface area contributed by atoms with E-state index in [0.29, 0.717) is 12.6 Å². The molecule has 6 nitrogen and oxygen atoms in total. The zero-order valence-corrected chi connectivity index (χ0v) is 17.2. The van der Waals surface area contributed by atoms with Crippen LogP contribution in [0.5, 0.6) is 0 Å². The molecule has 0 aromatic heterocycles. The molecule has 0 N–H and O–H groups in total. The smallest absolute Gasteiger partial charge is 0.239 e. The van der Waals surface area contributed by atoms with Gasteiger partial charge < -0.3 is 9.80 Å². The lowest BCUT2D eigenvalue weighted by Gasteiger charge is -2.40. The molecule has 1 saturated carbocycles. The fourth-order valence-electron chi connectivity index (χ4n) is 4.28. The number of carbonyl (C=O) groups excluding carboxylic acids is 2. The van der Waals surface area contributed by atoms with Gasteiger partial charge in [-0.05, 0) is 33.6 Å². The molecular formula is C20H38N4O2. The van der Waals surface area contributed by atoms with Crippen molar-refractivity contribution in [2.45, 2.75) is 65.0 Å². The van der Waals surface area contributed by atoms with E-state index in [2.05, 4.69) is 9.80 Å². The predicted molar refractivity (Wildman–Crippen MR) is 105 cm³/mol. The average Bonchev–Trinajstić information content (AvgIpc) is 2.68. The van der Waals surface area contributed by atoms with Crippen LogP contribution < -0.4 is 0 Å². The molecule has 0 bridgehead atoms. The van der Waals surface area contributed by atoms with Crippen molar-refractivity contribution in [2.75, 3.05) is 52.9 Å². The summed E-state index contributed by atoms with van der Waals surface area (Å²) in [5, 5.41) is 0. The number of hydrogen-bond acceptors (Lipinski definition) is 4. The molecule has 1 saturated heterocycles. The third-order valence-corrected chi connectivity index (χ3v) is 6.26. The van der Waals surface area contributed by atoms with Crippen LogP contribution >= 0.6 is 0 Å². The van der Waals surface area contributed by atoms with Gasteiger partial charge in [-0.15, -0.1) is 0 Å². The van der Waals surface area contributed by atoms with Crippen molar-refractivity contribution in [1.82, 2.24) is 19.6 Å². The summed E-state index contributed by atoms with van der Waals surface area (Å²) in [6.07, 6.45) is 6.10. The summed E-state index contributed by atoms with van der Waals surface area (Å²) in [6, 6.07) is 0.356. The molecule has 26 heavy (non-hydrogen) atoms. The lowest BCUT2D eigenvalue weighted by molar-refractivity contribution is -0.139. The van der Waals surface area contributed by atoms with Crippen LogP contribution in [0.15, 0.2) is 0 Å². The zero-order chi connectivity index (χ0) is 19.1. The van der Waals surface area contributed by atoms with E-state index in [1.54, 1.807) is 0 Å². The van der Waals surface area contributed by atoms with E-state index in [1.165, 1.54) is 19.3 Å². The minimum Gasteiger partial charge on any atom is -0.342 e. The Morgan fingerprint density at radius 2 is 1.58 bits per heavy atom. The molecule has 1 unspecified atom stereocenters. The maximum atomic E-state index is 12.9. The maximum absolute atomic E-state index is 12.9. The minimum atomic E-state index is -0.0671. The SMILES string of the molecule is CCN(CC)C(=O)CN1CCN(C(C)C(=O)N(C)C2CCCCC2)CC1. The molecule has 1 aliphatic carbocycles. The molecule has 2 amide bonds. The summed E-state index contributed by atoms with van der Waals surface area (Å²) in [5.74, 6) is 0.467. The van der Waals surface area contributed by atoms with Crippen molar-refractivity contribution in [3.05, 3.63) is 0 Å². The highest BCUT2D eigenvalue weighted by atomic mass is 16.2. The van der Waals surface area contributed by atoms with Crippen molar-refractivity contribution in [3.63, 3.8) is 0 Å². The minimum absolute atomic E-state index is 0.0671. The van der Waals surface area contributed by atoms with Crippen LogP contribution in [-0.4, -0.2) is 96.4 Å². The van der Waals surface area contributed by atoms with Crippen LogP contribution in [0.25, 0.3) is 0 Å². The van der Waals surface area contributed by atoms with Gasteiger partial charge in [0.2, 0.25) is 11.8 Å². The monoisotopic (exact) mass is 366 g/mol. The molecule has 1 heterocycles. The van der Waals surface area contributed by atoms with E-state index in [0.717, 1.165) is 52.1 Å². The quantitative estimate of drug-likeness (QED) is 0.687. The van der Waals surface area contributed by atoms with E-state index in [4.69, 9.17) is 0 Å². The number of carbonyl (C=O) groups is 2. The first-order valence-electron chi connectivity index (χ1n) is 10.5. The fourth-order valence-corrected chi connectivity index (χ4v) is 4.28. The molecular weight excluding hydrogens is 328 g/mol. The molecule has 2 aliphatic rings. The Bertz CT molecular complexity index is 453. The Kier molecular flexibility index (Phi) is 8.35. The van der Waals surface area contributed by atoms with Gasteiger partial charge in [0.1, 0.15) is 0 Å². The first kappa shape index (κ1) is 21.2. The van der Waals surface area contributed by atoms with Crippen molar-refractivity contribution in [3.8, 4) is 0 Å². The molecule has 0 aromatic carbocycles. The van der Waals surface area contributed by atoms with Crippen molar-refractivity contribution in [1.29, 1.82) is 0 Å². The van der Waals surface area contributed by atoms with E-state index in [9.17, 15) is 9.59 Å². The van der Waals surface area contributed by atoms with Gasteiger partial charge in [0, 0.05) is 52.4 Å². The molecule has 2 fully saturated rings. The Labute approximate surface area is 159 Å². The van der Waals surface area contributed by atoms with Gasteiger partial charge in [-0.25, -0.2) is 0 Å². The second kappa shape index (κ2) is 10.3. The number of hydrogen-bond donors (Lipinski definition) is 0. The number of amides is 2. The summed E-state index contributed by atoms with van der Waals surface area (Å²) in [5.41, 5.74) is 0. The van der Waals surface area contributed by atoms with Gasteiger partial charge in [-0.1, -0.05) is 19.3 Å². The lowest BCUT2D eigenvalue weighted by Crippen LogP contribution is -2.56. The Morgan fingerprint density at radius 1 is 1.00 bits per heavy atom. The van der Waals surface area contributed by atoms with Crippen LogP contribution in [0.2, 0.25) is 0 Å². The molecule has 0 aromatic rings. The summed E-state index contributed by atoms with van der Waals surface area (Å²) in [6.45, 7) is 11.6. The summed E-state index contributed by atoms with van der Waals surface area (Å²) < 4.78 is 0. The highest BCUT2D eigenvalue weighted by molar-refractivity contribution is 5.81. The molecule has 0 spiro atoms. The molecule has 1 atom stereocenters. The second-order valence-electron chi connectivity index (χ2n) is 7.80. The highest BCUT2D eigenvalue weighted by Crippen LogP contribution is 2.22. The average molecular weight is 367 g/mol. The summed E-state index contributed by atoms with van der Waals surface area (Å²) in [7, 11) is 1.98. The van der Waals surface area contributed by atoms with E-state index < -0.39 is 0 Å². The van der Waals surface area contributed by atoms with Gasteiger partial charge in [0.05, 0.1) is 12.6 Å². The summed E-state index contributed by atoms with van der Waals surface area (Å²) in [4.78, 5) is 33.5. The third kappa shape index (κ3) is 5.43. The largest absolute Gasteiger partial charge is 0.342 e. The van der Waals surface area contributed by atoms with Gasteiger partial charge >= 0.3 is 0 Å². The Morgan fingerprint density at radius 3 is 2.12 bits per heavy atom. The normalized spacial score (nSPS) is 21.4. The topological polar surface area (TPSA) is 47.1 Å². The van der Waals surface area contributed by atoms with Crippen molar-refractivity contribution in [2.24, 2.45) is 0 Å². The number of rotatable bonds is 7. The van der Waals surface area contributed by atoms with Gasteiger partial charge in [-0.2, -0.15) is 0 Å². The molecule has 150 valence electrons. The number of nitrogens with zero attached hydrogens (tertiary/aromatic N) is 4. The predicted octanol–water partition coefficient (Wildman–Crippen LogP) is 1.65. The zero-order valence-electron chi connectivity index (χ0n) is 17.2. The van der Waals surface area contributed by atoms with Crippen LogP contribution in [0.4, 0.5) is 0 Å². The van der Waals surface area contributed by atoms with E-state index >= 15 is 0 Å². The molecule has 2 rings (SSSR count). The number of likely N-dealkylation sites (N-methyl/N-ethyl adjacent to an activating group) is 2. The van der Waals surface area contributed by atoms with Gasteiger partial charge in [-0.3, -0.25) is 19.4 Å². The standard InChI is InChI=1S/C20H38N4O2/c1-5-23(6-2)19(25)16-22-12-14-24(15-13-22)17(3)20(26)21(4)18-10-8-7-9-11-18/h17-18H,5-16H2,1-4H3. The summed E-state index contributed by atoms with van der Waals surface area (Å²) >= 11 is 0. The van der Waals surface area contributed by atoms with Gasteiger partial charge in [0.25, 0.3) is 0 Å². The van der Waals surface area contributed by atoms with E-state index in [-0.39, 0.29) is 17.9 Å². The molecule has 6 heteroatoms. The fraction of sp³-hybridized carbons (Fsp3) is 0.900. The maximum Gasteiger partial charge on any atom is 0.239 e. The Hall–Kier alpha value is -1.14. The first-order valence-corrected chi connectivity index (χ1v) is 10.5. The van der Waals surface area contributed by atoms with Gasteiger partial charge in [0.15, 0.2) is 0 Å². The highest BCUT2D eigenvalue weighted by Gasteiger charge is 2.31. The number of piperazine rings is 1. The molecule has 0 radical (unpaired) electrons. The van der Waals surface area contributed by atoms with Crippen molar-refractivity contribution >= 4 is 11.8 Å². The third-order valence-electron chi connectivity index (χ3n) is 6.26. The second-order valence-corrected chi connectivity index (χ2v) is 7.80. The van der Waals surface area contributed by atoms with Crippen LogP contribution in [0, 0.1) is 0 Å². The van der Waals surface area contributed by atoms with E-state index in [1.807, 2.05) is 37.6 Å². The van der Waals surface area contributed by atoms with Crippen LogP contribution in [0.1, 0.15) is 52.9 Å². The first-order chi connectivity index (χ1) is 12.5. The lowest BCUT2D eigenvalue weighted by atomic mass is 9.94. The Balaban J connectivity index is 1.79. The molecule has 1 aliphatic heterocycles.